The molecule has 0 bridgehead atoms. The van der Waals surface area contributed by atoms with Crippen LogP contribution in [0.2, 0.25) is 0 Å². The van der Waals surface area contributed by atoms with Crippen LogP contribution in [0.5, 0.6) is 0 Å². The van der Waals surface area contributed by atoms with Gasteiger partial charge in [-0.15, -0.1) is 0 Å². The minimum Gasteiger partial charge on any atom is -0.295 e. The number of hydrogen-bond acceptors (Lipinski definition) is 2. The summed E-state index contributed by atoms with van der Waals surface area (Å²) in [5.74, 6) is 0. The molecule has 0 atom stereocenters. The van der Waals surface area contributed by atoms with Crippen LogP contribution in [0.3, 0.4) is 0 Å². The summed E-state index contributed by atoms with van der Waals surface area (Å²) in [6, 6.07) is 0. The summed E-state index contributed by atoms with van der Waals surface area (Å²) >= 11 is 3.71. The lowest BCUT2D eigenvalue weighted by Gasteiger charge is -2.34. The molecule has 0 aliphatic carbocycles. The predicted octanol–water partition coefficient (Wildman–Crippen LogP) is 3.85. The maximum atomic E-state index is 4.65. The highest BCUT2D eigenvalue weighted by Gasteiger charge is 2.24. The van der Waals surface area contributed by atoms with E-state index in [0.717, 1.165) is 31.6 Å². The van der Waals surface area contributed by atoms with Crippen molar-refractivity contribution in [2.75, 3.05) is 7.05 Å². The molecule has 3 nitrogen and oxygen atoms in total. The zero-order valence-electron chi connectivity index (χ0n) is 12.5. The van der Waals surface area contributed by atoms with E-state index in [0.29, 0.717) is 0 Å². The smallest absolute Gasteiger partial charge is 0.0767 e. The van der Waals surface area contributed by atoms with Crippen LogP contribution in [0, 0.1) is 0 Å². The molecule has 0 amide bonds. The predicted molar refractivity (Wildman–Crippen MR) is 80.8 cm³/mol. The van der Waals surface area contributed by atoms with Crippen LogP contribution in [0.4, 0.5) is 0 Å². The van der Waals surface area contributed by atoms with E-state index in [1.54, 1.807) is 0 Å². The lowest BCUT2D eigenvalue weighted by molar-refractivity contribution is 0.139. The second-order valence-corrected chi connectivity index (χ2v) is 6.19. The first-order valence-corrected chi connectivity index (χ1v) is 7.61. The van der Waals surface area contributed by atoms with Gasteiger partial charge in [0.2, 0.25) is 0 Å². The molecule has 1 rings (SSSR count). The van der Waals surface area contributed by atoms with E-state index in [-0.39, 0.29) is 5.54 Å². The van der Waals surface area contributed by atoms with Crippen molar-refractivity contribution in [2.45, 2.75) is 66.1 Å². The Labute approximate surface area is 120 Å². The summed E-state index contributed by atoms with van der Waals surface area (Å²) in [4.78, 5) is 2.40. The molecule has 0 spiro atoms. The number of halogens is 1. The lowest BCUT2D eigenvalue weighted by atomic mass is 10.00. The van der Waals surface area contributed by atoms with Crippen LogP contribution in [-0.4, -0.2) is 27.3 Å². The summed E-state index contributed by atoms with van der Waals surface area (Å²) < 4.78 is 3.30. The van der Waals surface area contributed by atoms with E-state index >= 15 is 0 Å². The van der Waals surface area contributed by atoms with Gasteiger partial charge in [0, 0.05) is 18.6 Å². The molecule has 0 radical (unpaired) electrons. The standard InChI is InChI=1S/C14H26BrN3/c1-7-11-13(15)12(18(9-3)16-11)10-17(6)14(4,5)8-2/h7-10H2,1-6H3. The first-order chi connectivity index (χ1) is 8.37. The molecular formula is C14H26BrN3. The number of rotatable bonds is 6. The van der Waals surface area contributed by atoms with Gasteiger partial charge in [0.25, 0.3) is 0 Å². The van der Waals surface area contributed by atoms with Crippen molar-refractivity contribution in [3.05, 3.63) is 15.9 Å². The van der Waals surface area contributed by atoms with Crippen molar-refractivity contribution in [2.24, 2.45) is 0 Å². The molecule has 104 valence electrons. The van der Waals surface area contributed by atoms with Gasteiger partial charge < -0.3 is 0 Å². The van der Waals surface area contributed by atoms with Gasteiger partial charge in [-0.3, -0.25) is 9.58 Å². The monoisotopic (exact) mass is 315 g/mol. The Morgan fingerprint density at radius 3 is 2.33 bits per heavy atom. The summed E-state index contributed by atoms with van der Waals surface area (Å²) in [7, 11) is 2.19. The maximum Gasteiger partial charge on any atom is 0.0767 e. The molecule has 0 aromatic carbocycles. The molecule has 0 saturated carbocycles. The molecule has 0 fully saturated rings. The average molecular weight is 316 g/mol. The van der Waals surface area contributed by atoms with Gasteiger partial charge in [-0.05, 0) is 56.6 Å². The van der Waals surface area contributed by atoms with Gasteiger partial charge in [0.1, 0.15) is 0 Å². The average Bonchev–Trinajstić information content (AvgIpc) is 2.66. The van der Waals surface area contributed by atoms with Gasteiger partial charge in [0.05, 0.1) is 15.9 Å². The Morgan fingerprint density at radius 1 is 1.28 bits per heavy atom. The Morgan fingerprint density at radius 2 is 1.89 bits per heavy atom. The lowest BCUT2D eigenvalue weighted by Crippen LogP contribution is -2.40. The topological polar surface area (TPSA) is 21.1 Å². The number of hydrogen-bond donors (Lipinski definition) is 0. The highest BCUT2D eigenvalue weighted by Crippen LogP contribution is 2.26. The van der Waals surface area contributed by atoms with Crippen molar-refractivity contribution in [1.82, 2.24) is 14.7 Å². The first kappa shape index (κ1) is 15.7. The van der Waals surface area contributed by atoms with E-state index in [1.165, 1.54) is 10.2 Å². The van der Waals surface area contributed by atoms with E-state index in [4.69, 9.17) is 0 Å². The zero-order valence-corrected chi connectivity index (χ0v) is 14.1. The summed E-state index contributed by atoms with van der Waals surface area (Å²) in [5, 5.41) is 4.65. The molecule has 0 aliphatic rings. The van der Waals surface area contributed by atoms with Crippen LogP contribution in [0.25, 0.3) is 0 Å². The summed E-state index contributed by atoms with van der Waals surface area (Å²) in [6.45, 7) is 13.0. The van der Waals surface area contributed by atoms with E-state index in [1.807, 2.05) is 0 Å². The van der Waals surface area contributed by atoms with E-state index < -0.39 is 0 Å². The quantitative estimate of drug-likeness (QED) is 0.795. The largest absolute Gasteiger partial charge is 0.295 e. The third-order valence-electron chi connectivity index (χ3n) is 3.98. The fourth-order valence-electron chi connectivity index (χ4n) is 1.88. The Bertz CT molecular complexity index is 396. The van der Waals surface area contributed by atoms with Gasteiger partial charge in [-0.2, -0.15) is 5.10 Å². The van der Waals surface area contributed by atoms with E-state index in [9.17, 15) is 0 Å². The molecule has 1 heterocycles. The van der Waals surface area contributed by atoms with E-state index in [2.05, 4.69) is 72.3 Å². The molecular weight excluding hydrogens is 290 g/mol. The van der Waals surface area contributed by atoms with Crippen molar-refractivity contribution in [3.8, 4) is 0 Å². The molecule has 0 unspecified atom stereocenters. The third-order valence-corrected chi connectivity index (χ3v) is 4.90. The second kappa shape index (κ2) is 6.20. The van der Waals surface area contributed by atoms with Crippen molar-refractivity contribution in [1.29, 1.82) is 0 Å². The van der Waals surface area contributed by atoms with Gasteiger partial charge >= 0.3 is 0 Å². The molecule has 4 heteroatoms. The fourth-order valence-corrected chi connectivity index (χ4v) is 2.57. The van der Waals surface area contributed by atoms with Crippen LogP contribution < -0.4 is 0 Å². The van der Waals surface area contributed by atoms with Gasteiger partial charge in [0.15, 0.2) is 0 Å². The Balaban J connectivity index is 3.00. The molecule has 0 aliphatic heterocycles. The maximum absolute atomic E-state index is 4.65. The zero-order chi connectivity index (χ0) is 13.9. The van der Waals surface area contributed by atoms with Gasteiger partial charge in [-0.25, -0.2) is 0 Å². The summed E-state index contributed by atoms with van der Waals surface area (Å²) in [6.07, 6.45) is 2.11. The van der Waals surface area contributed by atoms with Crippen LogP contribution in [0.15, 0.2) is 4.47 Å². The van der Waals surface area contributed by atoms with Crippen molar-refractivity contribution < 1.29 is 0 Å². The molecule has 1 aromatic heterocycles. The molecule has 0 N–H and O–H groups in total. The number of aryl methyl sites for hydroxylation is 2. The van der Waals surface area contributed by atoms with Crippen LogP contribution >= 0.6 is 15.9 Å². The highest BCUT2D eigenvalue weighted by molar-refractivity contribution is 9.10. The Kier molecular flexibility index (Phi) is 5.41. The minimum atomic E-state index is 0.217. The Hall–Kier alpha value is -0.350. The second-order valence-electron chi connectivity index (χ2n) is 5.40. The van der Waals surface area contributed by atoms with Gasteiger partial charge in [-0.1, -0.05) is 13.8 Å². The van der Waals surface area contributed by atoms with Crippen molar-refractivity contribution in [3.63, 3.8) is 0 Å². The first-order valence-electron chi connectivity index (χ1n) is 6.82. The van der Waals surface area contributed by atoms with Crippen molar-refractivity contribution >= 4 is 15.9 Å². The normalized spacial score (nSPS) is 12.4. The fraction of sp³-hybridized carbons (Fsp3) is 0.786. The highest BCUT2D eigenvalue weighted by atomic mass is 79.9. The number of nitrogens with zero attached hydrogens (tertiary/aromatic N) is 3. The minimum absolute atomic E-state index is 0.217. The molecule has 0 saturated heterocycles. The molecule has 1 aromatic rings. The summed E-state index contributed by atoms with van der Waals surface area (Å²) in [5.41, 5.74) is 2.67. The number of aromatic nitrogens is 2. The molecule has 18 heavy (non-hydrogen) atoms. The SMILES string of the molecule is CCc1nn(CC)c(CN(C)C(C)(C)CC)c1Br. The van der Waals surface area contributed by atoms with Crippen LogP contribution in [0.1, 0.15) is 52.4 Å². The van der Waals surface area contributed by atoms with Crippen LogP contribution in [-0.2, 0) is 19.5 Å². The third kappa shape index (κ3) is 3.15.